The van der Waals surface area contributed by atoms with Crippen molar-refractivity contribution in [2.75, 3.05) is 32.7 Å². The molecule has 0 radical (unpaired) electrons. The lowest BCUT2D eigenvalue weighted by molar-refractivity contribution is -0.265. The molecule has 5 rings (SSSR count). The van der Waals surface area contributed by atoms with Crippen molar-refractivity contribution in [2.24, 2.45) is 35.3 Å². The van der Waals surface area contributed by atoms with Crippen molar-refractivity contribution in [3.63, 3.8) is 0 Å². The summed E-state index contributed by atoms with van der Waals surface area (Å²) < 4.78 is 24.2. The van der Waals surface area contributed by atoms with Gasteiger partial charge in [-0.05, 0) is 133 Å². The molecule has 3 heterocycles. The van der Waals surface area contributed by atoms with E-state index in [0.717, 1.165) is 17.7 Å². The van der Waals surface area contributed by atoms with Crippen molar-refractivity contribution in [1.29, 1.82) is 0 Å². The average molecular weight is 976 g/mol. The maximum Gasteiger partial charge on any atom is 0.329 e. The molecule has 1 aromatic rings. The molecule has 5 N–H and O–H groups in total. The molecule has 0 aromatic heterocycles. The first-order valence-corrected chi connectivity index (χ1v) is 25.9. The van der Waals surface area contributed by atoms with E-state index >= 15 is 0 Å². The fraction of sp³-hybridized carbons (Fsp3) is 0.679. The molecule has 3 fully saturated rings. The zero-order valence-corrected chi connectivity index (χ0v) is 43.4. The monoisotopic (exact) mass is 976 g/mol. The van der Waals surface area contributed by atoms with Crippen LogP contribution in [0.4, 0.5) is 5.69 Å². The Labute approximate surface area is 417 Å². The van der Waals surface area contributed by atoms with E-state index in [0.29, 0.717) is 76.2 Å². The lowest BCUT2D eigenvalue weighted by atomic mass is 9.78. The minimum Gasteiger partial charge on any atom is -0.461 e. The minimum atomic E-state index is -2.44. The number of rotatable bonds is 7. The van der Waals surface area contributed by atoms with Crippen LogP contribution in [-0.4, -0.2) is 132 Å². The molecule has 3 aliphatic heterocycles. The topological polar surface area (TPSA) is 198 Å². The van der Waals surface area contributed by atoms with Crippen LogP contribution >= 0.6 is 0 Å². The third-order valence-electron chi connectivity index (χ3n) is 15.6. The maximum absolute atomic E-state index is 14.6. The second kappa shape index (κ2) is 26.6. The molecular weight excluding hydrogens is 891 g/mol. The second-order valence-electron chi connectivity index (χ2n) is 21.1. The summed E-state index contributed by atoms with van der Waals surface area (Å²) in [6, 6.07) is 7.85. The molecule has 390 valence electrons. The number of piperidine rings is 1. The Morgan fingerprint density at radius 1 is 0.900 bits per heavy atom. The molecule has 2 saturated heterocycles. The first-order chi connectivity index (χ1) is 33.3. The highest BCUT2D eigenvalue weighted by molar-refractivity contribution is 6.39. The van der Waals surface area contributed by atoms with Crippen LogP contribution in [0.3, 0.4) is 0 Å². The highest BCUT2D eigenvalue weighted by atomic mass is 16.6. The number of anilines is 1. The number of methoxy groups -OCH3 is 2. The number of aliphatic hydroxyl groups is 3. The number of aliphatic hydroxyl groups excluding tert-OH is 2. The van der Waals surface area contributed by atoms with E-state index in [4.69, 9.17) is 24.7 Å². The van der Waals surface area contributed by atoms with Gasteiger partial charge < -0.3 is 49.8 Å². The number of nitrogens with two attached hydrogens (primary N) is 1. The summed E-state index contributed by atoms with van der Waals surface area (Å²) in [6.45, 7) is 11.5. The van der Waals surface area contributed by atoms with Crippen molar-refractivity contribution in [1.82, 2.24) is 4.90 Å². The molecule has 70 heavy (non-hydrogen) atoms. The first-order valence-electron chi connectivity index (χ1n) is 25.9. The summed E-state index contributed by atoms with van der Waals surface area (Å²) >= 11 is 0. The van der Waals surface area contributed by atoms with E-state index in [1.165, 1.54) is 12.0 Å². The number of hydrogen-bond acceptors (Lipinski definition) is 13. The molecule has 4 aliphatic rings. The Hall–Kier alpha value is -4.02. The van der Waals surface area contributed by atoms with Gasteiger partial charge >= 0.3 is 5.97 Å². The minimum absolute atomic E-state index is 0.0452. The Bertz CT molecular complexity index is 2010. The maximum atomic E-state index is 14.6. The number of fused-ring (bicyclic) bond motifs is 3. The molecule has 3 unspecified atom stereocenters. The number of allylic oxidation sites excluding steroid dienone is 5. The summed E-state index contributed by atoms with van der Waals surface area (Å²) in [4.78, 5) is 60.8. The standard InChI is InChI=1S/C56H85N3O11/c1-35-18-12-10-13-19-36(2)31-45(58(7)43-20-14-11-15-21-43)48-27-23-40(6)56(66,70-48)53(63)54(64)59-29-17-16-22-44(59)55(65)69-47(37(3)32-41-24-26-46(60)49(34-41)67-8)28-25-42(57)33-39(5)51(62)52(68-9)50(61)38(4)30-35/h10-15,18-21,33,35,37-38,40-42,44-49,51-52,60,62,66H,16-17,22-32,34,57H2,1-9H3/b13-10+,18-12+,36-19+,39-33+/t35-,37-,38-,40?,41+,42+,44?,45?,46-,47+,48+,49-,51-,52+,56-/m1/s1. The summed E-state index contributed by atoms with van der Waals surface area (Å²) in [5.41, 5.74) is 9.15. The zero-order valence-electron chi connectivity index (χ0n) is 43.4. The van der Waals surface area contributed by atoms with E-state index in [1.807, 2.05) is 95.5 Å². The molecule has 1 amide bonds. The summed E-state index contributed by atoms with van der Waals surface area (Å²) in [5, 5.41) is 34.4. The van der Waals surface area contributed by atoms with E-state index in [1.54, 1.807) is 27.0 Å². The van der Waals surface area contributed by atoms with Gasteiger partial charge in [0, 0.05) is 51.4 Å². The number of Topliss-reactive ketones (excluding diaryl/α,β-unsaturated/α-hetero) is 2. The average Bonchev–Trinajstić information content (AvgIpc) is 3.35. The highest BCUT2D eigenvalue weighted by Gasteiger charge is 2.54. The highest BCUT2D eigenvalue weighted by Crippen LogP contribution is 2.39. The van der Waals surface area contributed by atoms with Gasteiger partial charge in [0.05, 0.1) is 24.4 Å². The summed E-state index contributed by atoms with van der Waals surface area (Å²) in [5.74, 6) is -6.37. The summed E-state index contributed by atoms with van der Waals surface area (Å²) in [6.07, 6.45) is 14.1. The normalized spacial score (nSPS) is 38.2. The molecule has 15 atom stereocenters. The van der Waals surface area contributed by atoms with E-state index in [-0.39, 0.29) is 48.6 Å². The predicted octanol–water partition coefficient (Wildman–Crippen LogP) is 7.18. The number of cyclic esters (lactones) is 1. The molecular formula is C56H85N3O11. The number of likely N-dealkylation sites (N-methyl/N-ethyl adjacent to an activating group) is 1. The Balaban J connectivity index is 1.50. The number of esters is 1. The molecule has 1 saturated carbocycles. The van der Waals surface area contributed by atoms with Crippen LogP contribution in [-0.2, 0) is 38.1 Å². The number of ketones is 2. The largest absolute Gasteiger partial charge is 0.461 e. The van der Waals surface area contributed by atoms with E-state index in [9.17, 15) is 34.5 Å². The van der Waals surface area contributed by atoms with Gasteiger partial charge in [0.25, 0.3) is 11.7 Å². The number of ether oxygens (including phenoxy) is 4. The van der Waals surface area contributed by atoms with Gasteiger partial charge in [0.2, 0.25) is 5.79 Å². The fourth-order valence-corrected chi connectivity index (χ4v) is 11.2. The van der Waals surface area contributed by atoms with Gasteiger partial charge in [-0.2, -0.15) is 0 Å². The summed E-state index contributed by atoms with van der Waals surface area (Å²) in [7, 11) is 4.98. The molecule has 0 spiro atoms. The Kier molecular flexibility index (Phi) is 21.6. The van der Waals surface area contributed by atoms with Gasteiger partial charge in [0.1, 0.15) is 24.4 Å². The quantitative estimate of drug-likeness (QED) is 0.122. The first kappa shape index (κ1) is 56.9. The van der Waals surface area contributed by atoms with Crippen LogP contribution in [0.15, 0.2) is 77.9 Å². The van der Waals surface area contributed by atoms with Crippen LogP contribution in [0.5, 0.6) is 0 Å². The number of benzene rings is 1. The van der Waals surface area contributed by atoms with Gasteiger partial charge in [-0.15, -0.1) is 0 Å². The third kappa shape index (κ3) is 14.8. The lowest BCUT2D eigenvalue weighted by Crippen LogP contribution is -2.62. The van der Waals surface area contributed by atoms with Crippen molar-refractivity contribution in [3.05, 3.63) is 77.9 Å². The lowest BCUT2D eigenvalue weighted by Gasteiger charge is -2.46. The van der Waals surface area contributed by atoms with Gasteiger partial charge in [0.15, 0.2) is 5.78 Å². The zero-order chi connectivity index (χ0) is 51.3. The van der Waals surface area contributed by atoms with Gasteiger partial charge in [-0.25, -0.2) is 4.79 Å². The Morgan fingerprint density at radius 2 is 1.63 bits per heavy atom. The molecule has 1 aromatic carbocycles. The van der Waals surface area contributed by atoms with Crippen LogP contribution in [0, 0.1) is 29.6 Å². The van der Waals surface area contributed by atoms with Crippen molar-refractivity contribution >= 4 is 29.1 Å². The smallest absolute Gasteiger partial charge is 0.329 e. The fourth-order valence-electron chi connectivity index (χ4n) is 11.2. The number of nitrogens with zero attached hydrogens (tertiary/aromatic N) is 2. The van der Waals surface area contributed by atoms with Crippen molar-refractivity contribution in [3.8, 4) is 0 Å². The predicted molar refractivity (Wildman–Crippen MR) is 271 cm³/mol. The van der Waals surface area contributed by atoms with Gasteiger partial charge in [-0.1, -0.05) is 87.9 Å². The van der Waals surface area contributed by atoms with Crippen molar-refractivity contribution < 1.29 is 53.4 Å². The van der Waals surface area contributed by atoms with Crippen LogP contribution in [0.2, 0.25) is 0 Å². The van der Waals surface area contributed by atoms with Crippen LogP contribution < -0.4 is 10.6 Å². The number of amides is 1. The number of para-hydroxylation sites is 1. The van der Waals surface area contributed by atoms with Crippen LogP contribution in [0.1, 0.15) is 125 Å². The van der Waals surface area contributed by atoms with Gasteiger partial charge in [-0.3, -0.25) is 14.4 Å². The SMILES string of the molecule is CO[C@@H]1C[C@H](C[C@@H](C)[C@@H]2CC[C@H](N)/C=C(\C)[C@@H](O)[C@@H](OC)C(=O)[C@H](C)C[C@H](C)/C=C/C=C/C=C(\C)CC(N(C)c3ccccc3)[C@@H]3CCC(C)[C@@](O)(O3)C(=O)C(=O)N3CCCCC3C(=O)O2)CC[C@H]1O. The number of carbonyl (C=O) groups excluding carboxylic acids is 4. The van der Waals surface area contributed by atoms with Crippen molar-refractivity contribution in [2.45, 2.75) is 186 Å². The Morgan fingerprint density at radius 3 is 2.33 bits per heavy atom. The third-order valence-corrected chi connectivity index (χ3v) is 15.6. The van der Waals surface area contributed by atoms with E-state index in [2.05, 4.69) is 4.90 Å². The number of carbonyl (C=O) groups is 4. The van der Waals surface area contributed by atoms with E-state index < -0.39 is 77.9 Å². The molecule has 2 bridgehead atoms. The second-order valence-corrected chi connectivity index (χ2v) is 21.1. The molecule has 14 heteroatoms. The number of hydrogen-bond donors (Lipinski definition) is 4. The molecule has 1 aliphatic carbocycles. The molecule has 14 nitrogen and oxygen atoms in total. The van der Waals surface area contributed by atoms with Crippen LogP contribution in [0.25, 0.3) is 0 Å².